The minimum absolute atomic E-state index is 0.170. The monoisotopic (exact) mass is 2100 g/mol. The van der Waals surface area contributed by atoms with Gasteiger partial charge in [-0.3, -0.25) is 18.7 Å². The van der Waals surface area contributed by atoms with Crippen LogP contribution in [0.3, 0.4) is 0 Å². The molecule has 4 heterocycles. The third-order valence-corrected chi connectivity index (χ3v) is 19.0. The van der Waals surface area contributed by atoms with Crippen LogP contribution in [0.25, 0.3) is 0 Å². The van der Waals surface area contributed by atoms with Crippen molar-refractivity contribution in [3.63, 3.8) is 0 Å². The van der Waals surface area contributed by atoms with Crippen molar-refractivity contribution >= 4 is 0 Å². The lowest BCUT2D eigenvalue weighted by atomic mass is 9.87. The summed E-state index contributed by atoms with van der Waals surface area (Å²) in [6.45, 7) is 34.1. The van der Waals surface area contributed by atoms with Crippen LogP contribution >= 0.6 is 0 Å². The van der Waals surface area contributed by atoms with E-state index in [4.69, 9.17) is 189 Å². The number of hydrogen-bond acceptors (Lipinski definition) is 48. The Morgan fingerprint density at radius 2 is 0.228 bits per heavy atom. The predicted molar refractivity (Wildman–Crippen MR) is 515 cm³/mol. The van der Waals surface area contributed by atoms with Gasteiger partial charge in [-0.15, -0.1) is 20.4 Å². The molecule has 52 heteroatoms. The Bertz CT molecular complexity index is 2820. The molecule has 848 valence electrons. The van der Waals surface area contributed by atoms with E-state index in [9.17, 15) is 0 Å². The van der Waals surface area contributed by atoms with Crippen molar-refractivity contribution in [3.8, 4) is 0 Å². The smallest absolute Gasteiger partial charge is 0.108 e. The van der Waals surface area contributed by atoms with Gasteiger partial charge in [0.05, 0.1) is 553 Å². The summed E-state index contributed by atoms with van der Waals surface area (Å²) >= 11 is 0. The molecule has 0 saturated heterocycles. The van der Waals surface area contributed by atoms with Crippen molar-refractivity contribution in [2.75, 3.05) is 504 Å². The Hall–Kier alpha value is -5.04. The SMILES string of the molecule is COCCOCCOCCOCCOCCOCCOCCOCCOCCOCc1cn(CC(Cn2cc(COCCOCCOCCOCCOCCOCCOCCOCCOCCOC)nn2)(Cn2cc(COCCOCCOCCOCCOCCOCCOCCOCCOCCOC)nn2)Cn2cc(COCCOCCOCCOCCOCCOCCOCCOCCOCCOC)nn2)nn1. The summed E-state index contributed by atoms with van der Waals surface area (Å²) in [4.78, 5) is 0. The summed E-state index contributed by atoms with van der Waals surface area (Å²) in [5.41, 5.74) is 1.52. The number of hydrogen-bond donors (Lipinski definition) is 0. The second-order valence-electron chi connectivity index (χ2n) is 30.9. The average Bonchev–Trinajstić information content (AvgIpc) is 1.68. The standard InChI is InChI=1S/C93H176N12O40/c1-106-5-9-110-13-17-114-21-25-118-29-33-122-37-41-126-45-49-130-53-57-134-61-65-138-69-73-142-81-89-77-102(98-94-89)85-93(86-103-78-90(95-99-103)82-143-74-70-139-66-62-135-58-54-131-50-46-127-42-38-123-34-30-119-26-22-115-18-14-111-10-6-107-2,87-104-79-91(96-100-104)83-144-75-71-140-67-63-136-59-55-132-51-47-128-43-39-124-35-31-120-27-23-116-19-15-112-11-7-108-3)88-105-80-92(97-101-105)84-145-76-72-141-68-64-137-60-56-133-52-48-129-44-40-125-36-32-121-28-24-117-20-16-113-12-8-109-4/h77-80H,5-76,81-88H2,1-4H3. The van der Waals surface area contributed by atoms with Crippen molar-refractivity contribution in [3.05, 3.63) is 47.6 Å². The summed E-state index contributed by atoms with van der Waals surface area (Å²) < 4.78 is 230. The Morgan fingerprint density at radius 1 is 0.138 bits per heavy atom. The zero-order valence-electron chi connectivity index (χ0n) is 87.1. The van der Waals surface area contributed by atoms with Gasteiger partial charge in [-0.25, -0.2) is 0 Å². The molecule has 4 aromatic heterocycles. The first-order valence-corrected chi connectivity index (χ1v) is 50.3. The van der Waals surface area contributed by atoms with Crippen LogP contribution in [0.5, 0.6) is 0 Å². The molecule has 0 spiro atoms. The van der Waals surface area contributed by atoms with Crippen LogP contribution in [0.2, 0.25) is 0 Å². The van der Waals surface area contributed by atoms with E-state index in [1.165, 1.54) is 0 Å². The van der Waals surface area contributed by atoms with Gasteiger partial charge in [-0.1, -0.05) is 20.9 Å². The van der Waals surface area contributed by atoms with Gasteiger partial charge < -0.3 is 189 Å². The summed E-state index contributed by atoms with van der Waals surface area (Å²) in [7, 11) is 6.55. The molecule has 0 amide bonds. The zero-order valence-corrected chi connectivity index (χ0v) is 87.1. The van der Waals surface area contributed by atoms with Gasteiger partial charge >= 0.3 is 0 Å². The largest absolute Gasteiger partial charge is 0.382 e. The maximum Gasteiger partial charge on any atom is 0.108 e. The number of ether oxygens (including phenoxy) is 40. The number of methoxy groups -OCH3 is 4. The van der Waals surface area contributed by atoms with Crippen LogP contribution < -0.4 is 0 Å². The van der Waals surface area contributed by atoms with E-state index in [-0.39, 0.29) is 52.6 Å². The van der Waals surface area contributed by atoms with Gasteiger partial charge in [0.15, 0.2) is 0 Å². The zero-order chi connectivity index (χ0) is 102. The molecule has 0 unspecified atom stereocenters. The Balaban J connectivity index is 1.24. The molecule has 0 atom stereocenters. The Labute approximate surface area is 855 Å². The van der Waals surface area contributed by atoms with Crippen LogP contribution in [0.15, 0.2) is 24.8 Å². The van der Waals surface area contributed by atoms with Crippen LogP contribution in [-0.2, 0) is 242 Å². The summed E-state index contributed by atoms with van der Waals surface area (Å²) in [5.74, 6) is 0. The molecule has 4 aromatic rings. The van der Waals surface area contributed by atoms with E-state index >= 15 is 0 Å². The highest BCUT2D eigenvalue weighted by atomic mass is 16.6. The lowest BCUT2D eigenvalue weighted by Crippen LogP contribution is -2.41. The van der Waals surface area contributed by atoms with Gasteiger partial charge in [-0.05, 0) is 0 Å². The third-order valence-electron chi connectivity index (χ3n) is 19.0. The minimum Gasteiger partial charge on any atom is -0.382 e. The Morgan fingerprint density at radius 3 is 0.324 bits per heavy atom. The van der Waals surface area contributed by atoms with Gasteiger partial charge in [0.1, 0.15) is 22.8 Å². The first-order valence-electron chi connectivity index (χ1n) is 50.3. The van der Waals surface area contributed by atoms with Crippen LogP contribution in [0, 0.1) is 5.41 Å². The molecule has 0 aliphatic carbocycles. The maximum absolute atomic E-state index is 6.03. The molecule has 0 aromatic carbocycles. The van der Waals surface area contributed by atoms with Gasteiger partial charge in [-0.2, -0.15) is 0 Å². The molecular weight excluding hydrogens is 1930 g/mol. The quantitative estimate of drug-likeness (QED) is 0.0537. The highest BCUT2D eigenvalue weighted by molar-refractivity contribution is 4.97. The summed E-state index contributed by atoms with van der Waals surface area (Å²) in [6, 6.07) is 0. The van der Waals surface area contributed by atoms with Crippen LogP contribution in [0.1, 0.15) is 22.8 Å². The molecular formula is C93H176N12O40. The molecule has 0 bridgehead atoms. The lowest BCUT2D eigenvalue weighted by Gasteiger charge is -2.33. The fourth-order valence-corrected chi connectivity index (χ4v) is 11.9. The molecule has 0 saturated carbocycles. The van der Waals surface area contributed by atoms with Crippen molar-refractivity contribution in [2.45, 2.75) is 52.6 Å². The topological polar surface area (TPSA) is 492 Å². The molecule has 0 radical (unpaired) electrons. The molecule has 145 heavy (non-hydrogen) atoms. The van der Waals surface area contributed by atoms with Gasteiger partial charge in [0.25, 0.3) is 0 Å². The fraction of sp³-hybridized carbons (Fsp3) is 0.914. The molecule has 0 aliphatic rings. The molecule has 52 nitrogen and oxygen atoms in total. The first-order chi connectivity index (χ1) is 72.0. The van der Waals surface area contributed by atoms with Crippen molar-refractivity contribution in [1.29, 1.82) is 0 Å². The minimum atomic E-state index is -0.859. The number of rotatable bonds is 124. The van der Waals surface area contributed by atoms with E-state index in [1.807, 2.05) is 24.8 Å². The van der Waals surface area contributed by atoms with Crippen molar-refractivity contribution in [2.24, 2.45) is 5.41 Å². The van der Waals surface area contributed by atoms with Gasteiger partial charge in [0.2, 0.25) is 0 Å². The lowest BCUT2D eigenvalue weighted by molar-refractivity contribution is -0.0262. The normalized spacial score (nSPS) is 12.0. The van der Waals surface area contributed by atoms with E-state index in [2.05, 4.69) is 41.2 Å². The van der Waals surface area contributed by atoms with Crippen molar-refractivity contribution < 1.29 is 189 Å². The second kappa shape index (κ2) is 107. The van der Waals surface area contributed by atoms with E-state index in [0.29, 0.717) is 498 Å². The molecule has 0 N–H and O–H groups in total. The summed E-state index contributed by atoms with van der Waals surface area (Å²) in [6.07, 6.45) is 7.38. The summed E-state index contributed by atoms with van der Waals surface area (Å²) in [5, 5.41) is 36.6. The predicted octanol–water partition coefficient (Wildman–Crippen LogP) is 0.323. The highest BCUT2D eigenvalue weighted by Gasteiger charge is 2.36. The number of nitrogens with zero attached hydrogens (tertiary/aromatic N) is 12. The second-order valence-corrected chi connectivity index (χ2v) is 30.9. The average molecular weight is 2100 g/mol. The molecule has 0 fully saturated rings. The van der Waals surface area contributed by atoms with Crippen LogP contribution in [-0.4, -0.2) is 564 Å². The number of aromatic nitrogens is 12. The first kappa shape index (κ1) is 132. The van der Waals surface area contributed by atoms with Crippen molar-refractivity contribution in [1.82, 2.24) is 60.0 Å². The fourth-order valence-electron chi connectivity index (χ4n) is 11.9. The highest BCUT2D eigenvalue weighted by Crippen LogP contribution is 2.29. The third kappa shape index (κ3) is 89.2. The molecule has 0 aliphatic heterocycles. The van der Waals surface area contributed by atoms with Gasteiger partial charge in [0, 0.05) is 33.9 Å². The van der Waals surface area contributed by atoms with Crippen LogP contribution in [0.4, 0.5) is 0 Å². The maximum atomic E-state index is 6.03. The van der Waals surface area contributed by atoms with E-state index in [1.54, 1.807) is 47.2 Å². The van der Waals surface area contributed by atoms with E-state index in [0.717, 1.165) is 0 Å². The Kier molecular flexibility index (Phi) is 97.9. The van der Waals surface area contributed by atoms with E-state index < -0.39 is 5.41 Å². The molecule has 4 rings (SSSR count).